The van der Waals surface area contributed by atoms with Crippen LogP contribution in [0.5, 0.6) is 5.75 Å². The fraction of sp³-hybridized carbons (Fsp3) is 0.500. The smallest absolute Gasteiger partial charge is 0.119 e. The molecular weight excluding hydrogens is 204 g/mol. The van der Waals surface area contributed by atoms with Crippen molar-refractivity contribution in [2.45, 2.75) is 19.4 Å². The number of methoxy groups -OCH3 is 2. The Morgan fingerprint density at radius 2 is 2.12 bits per heavy atom. The summed E-state index contributed by atoms with van der Waals surface area (Å²) in [4.78, 5) is 0. The molecule has 1 rings (SSSR count). The second-order valence-corrected chi connectivity index (χ2v) is 3.72. The normalized spacial score (nSPS) is 12.5. The van der Waals surface area contributed by atoms with E-state index in [2.05, 4.69) is 12.3 Å². The Morgan fingerprint density at radius 1 is 1.38 bits per heavy atom. The number of hydrogen-bond donors (Lipinski definition) is 2. The van der Waals surface area contributed by atoms with Crippen LogP contribution in [-0.4, -0.2) is 20.8 Å². The molecule has 0 aromatic heterocycles. The van der Waals surface area contributed by atoms with E-state index in [1.807, 2.05) is 18.2 Å². The van der Waals surface area contributed by atoms with Gasteiger partial charge in [0.1, 0.15) is 5.75 Å². The maximum Gasteiger partial charge on any atom is 0.119 e. The van der Waals surface area contributed by atoms with Crippen molar-refractivity contribution in [2.24, 2.45) is 5.84 Å². The summed E-state index contributed by atoms with van der Waals surface area (Å²) in [6.07, 6.45) is 0.847. The van der Waals surface area contributed by atoms with Crippen LogP contribution in [0, 0.1) is 6.92 Å². The van der Waals surface area contributed by atoms with E-state index in [0.717, 1.165) is 12.2 Å². The van der Waals surface area contributed by atoms with Gasteiger partial charge in [0.05, 0.1) is 7.11 Å². The van der Waals surface area contributed by atoms with Crippen LogP contribution in [0.15, 0.2) is 18.2 Å². The lowest BCUT2D eigenvalue weighted by molar-refractivity contribution is 0.183. The summed E-state index contributed by atoms with van der Waals surface area (Å²) in [6, 6.07) is 6.10. The van der Waals surface area contributed by atoms with Gasteiger partial charge in [-0.15, -0.1) is 0 Å². The summed E-state index contributed by atoms with van der Waals surface area (Å²) >= 11 is 0. The minimum absolute atomic E-state index is 0.117. The van der Waals surface area contributed by atoms with Gasteiger partial charge in [-0.1, -0.05) is 6.07 Å². The predicted molar refractivity (Wildman–Crippen MR) is 64.3 cm³/mol. The van der Waals surface area contributed by atoms with Gasteiger partial charge in [0.2, 0.25) is 0 Å². The molecule has 90 valence electrons. The fourth-order valence-electron chi connectivity index (χ4n) is 1.73. The van der Waals surface area contributed by atoms with Crippen LogP contribution in [-0.2, 0) is 4.74 Å². The van der Waals surface area contributed by atoms with E-state index in [-0.39, 0.29) is 6.04 Å². The third-order valence-electron chi connectivity index (χ3n) is 2.66. The first kappa shape index (κ1) is 13.0. The van der Waals surface area contributed by atoms with Crippen LogP contribution in [0.3, 0.4) is 0 Å². The highest BCUT2D eigenvalue weighted by atomic mass is 16.5. The molecule has 0 bridgehead atoms. The molecule has 0 heterocycles. The van der Waals surface area contributed by atoms with E-state index in [1.54, 1.807) is 14.2 Å². The highest BCUT2D eigenvalue weighted by Gasteiger charge is 2.12. The van der Waals surface area contributed by atoms with Crippen molar-refractivity contribution in [3.05, 3.63) is 29.3 Å². The molecule has 0 aliphatic heterocycles. The first-order chi connectivity index (χ1) is 7.72. The largest absolute Gasteiger partial charge is 0.497 e. The van der Waals surface area contributed by atoms with Gasteiger partial charge in [-0.25, -0.2) is 0 Å². The molecule has 4 heteroatoms. The summed E-state index contributed by atoms with van der Waals surface area (Å²) in [5.74, 6) is 6.41. The maximum atomic E-state index is 5.55. The molecule has 1 atom stereocenters. The van der Waals surface area contributed by atoms with Crippen LogP contribution >= 0.6 is 0 Å². The molecule has 0 amide bonds. The van der Waals surface area contributed by atoms with Gasteiger partial charge in [0, 0.05) is 19.8 Å². The Labute approximate surface area is 96.7 Å². The van der Waals surface area contributed by atoms with Crippen molar-refractivity contribution >= 4 is 0 Å². The summed E-state index contributed by atoms with van der Waals surface area (Å²) in [5, 5.41) is 0. The highest BCUT2D eigenvalue weighted by Crippen LogP contribution is 2.24. The van der Waals surface area contributed by atoms with E-state index in [9.17, 15) is 0 Å². The minimum atomic E-state index is 0.117. The van der Waals surface area contributed by atoms with Gasteiger partial charge in [0.25, 0.3) is 0 Å². The maximum absolute atomic E-state index is 5.55. The molecule has 1 aromatic carbocycles. The Bertz CT molecular complexity index is 329. The Kier molecular flexibility index (Phi) is 5.25. The molecule has 4 nitrogen and oxygen atoms in total. The summed E-state index contributed by atoms with van der Waals surface area (Å²) in [5.41, 5.74) is 5.16. The third-order valence-corrected chi connectivity index (χ3v) is 2.66. The second-order valence-electron chi connectivity index (χ2n) is 3.72. The standard InChI is InChI=1S/C12H20N2O2/c1-9-8-10(16-3)4-5-11(9)12(14-13)6-7-15-2/h4-5,8,12,14H,6-7,13H2,1-3H3. The summed E-state index contributed by atoms with van der Waals surface area (Å²) < 4.78 is 10.2. The zero-order chi connectivity index (χ0) is 12.0. The van der Waals surface area contributed by atoms with Gasteiger partial charge in [0.15, 0.2) is 0 Å². The third kappa shape index (κ3) is 3.20. The van der Waals surface area contributed by atoms with Crippen LogP contribution in [0.4, 0.5) is 0 Å². The zero-order valence-corrected chi connectivity index (χ0v) is 10.1. The highest BCUT2D eigenvalue weighted by molar-refractivity contribution is 5.36. The lowest BCUT2D eigenvalue weighted by Crippen LogP contribution is -2.29. The molecule has 0 saturated carbocycles. The molecule has 0 saturated heterocycles. The molecule has 0 radical (unpaired) electrons. The average Bonchev–Trinajstić information content (AvgIpc) is 2.31. The fourth-order valence-corrected chi connectivity index (χ4v) is 1.73. The number of benzene rings is 1. The van der Waals surface area contributed by atoms with Crippen LogP contribution in [0.25, 0.3) is 0 Å². The molecule has 16 heavy (non-hydrogen) atoms. The van der Waals surface area contributed by atoms with Gasteiger partial charge in [-0.2, -0.15) is 0 Å². The lowest BCUT2D eigenvalue weighted by Gasteiger charge is -2.18. The average molecular weight is 224 g/mol. The minimum Gasteiger partial charge on any atom is -0.497 e. The van der Waals surface area contributed by atoms with Gasteiger partial charge in [-0.05, 0) is 36.6 Å². The molecule has 0 aliphatic rings. The van der Waals surface area contributed by atoms with Crippen molar-refractivity contribution < 1.29 is 9.47 Å². The van der Waals surface area contributed by atoms with Crippen molar-refractivity contribution in [3.8, 4) is 5.75 Å². The second kappa shape index (κ2) is 6.48. The molecule has 1 unspecified atom stereocenters. The number of aryl methyl sites for hydroxylation is 1. The molecule has 0 fully saturated rings. The van der Waals surface area contributed by atoms with Crippen molar-refractivity contribution in [1.29, 1.82) is 0 Å². The molecule has 0 spiro atoms. The van der Waals surface area contributed by atoms with E-state index in [1.165, 1.54) is 11.1 Å². The number of nitrogens with one attached hydrogen (secondary N) is 1. The number of hydrogen-bond acceptors (Lipinski definition) is 4. The van der Waals surface area contributed by atoms with E-state index in [4.69, 9.17) is 15.3 Å². The summed E-state index contributed by atoms with van der Waals surface area (Å²) in [7, 11) is 3.35. The molecule has 0 aliphatic carbocycles. The van der Waals surface area contributed by atoms with Gasteiger partial charge in [-0.3, -0.25) is 11.3 Å². The molecule has 3 N–H and O–H groups in total. The Hall–Kier alpha value is -1.10. The summed E-state index contributed by atoms with van der Waals surface area (Å²) in [6.45, 7) is 2.73. The van der Waals surface area contributed by atoms with E-state index in [0.29, 0.717) is 6.61 Å². The first-order valence-electron chi connectivity index (χ1n) is 5.32. The Morgan fingerprint density at radius 3 is 2.62 bits per heavy atom. The number of hydrazine groups is 1. The van der Waals surface area contributed by atoms with Crippen molar-refractivity contribution in [2.75, 3.05) is 20.8 Å². The topological polar surface area (TPSA) is 56.5 Å². The van der Waals surface area contributed by atoms with E-state index < -0.39 is 0 Å². The van der Waals surface area contributed by atoms with Crippen LogP contribution in [0.2, 0.25) is 0 Å². The van der Waals surface area contributed by atoms with E-state index >= 15 is 0 Å². The van der Waals surface area contributed by atoms with Gasteiger partial charge < -0.3 is 9.47 Å². The Balaban J connectivity index is 2.83. The first-order valence-corrected chi connectivity index (χ1v) is 5.32. The number of rotatable bonds is 6. The molecule has 1 aromatic rings. The predicted octanol–water partition coefficient (Wildman–Crippen LogP) is 1.54. The zero-order valence-electron chi connectivity index (χ0n) is 10.1. The van der Waals surface area contributed by atoms with Crippen LogP contribution < -0.4 is 16.0 Å². The monoisotopic (exact) mass is 224 g/mol. The SMILES string of the molecule is COCCC(NN)c1ccc(OC)cc1C. The van der Waals surface area contributed by atoms with Crippen molar-refractivity contribution in [1.82, 2.24) is 5.43 Å². The lowest BCUT2D eigenvalue weighted by atomic mass is 9.99. The number of nitrogens with two attached hydrogens (primary N) is 1. The quantitative estimate of drug-likeness (QED) is 0.568. The molecular formula is C12H20N2O2. The van der Waals surface area contributed by atoms with Gasteiger partial charge >= 0.3 is 0 Å². The number of ether oxygens (including phenoxy) is 2. The van der Waals surface area contributed by atoms with Crippen LogP contribution in [0.1, 0.15) is 23.6 Å². The van der Waals surface area contributed by atoms with Crippen molar-refractivity contribution in [3.63, 3.8) is 0 Å².